The van der Waals surface area contributed by atoms with Crippen molar-refractivity contribution in [3.8, 4) is 22.8 Å². The summed E-state index contributed by atoms with van der Waals surface area (Å²) >= 11 is 0. The molecule has 25 heavy (non-hydrogen) atoms. The normalized spacial score (nSPS) is 14.4. The number of likely N-dealkylation sites (tertiary alicyclic amines) is 1. The number of H-pyrrole nitrogens is 1. The topological polar surface area (TPSA) is 66.8 Å². The van der Waals surface area contributed by atoms with Crippen LogP contribution in [0.15, 0.2) is 49.1 Å². The van der Waals surface area contributed by atoms with E-state index in [1.54, 1.807) is 6.20 Å². The third-order valence-electron chi connectivity index (χ3n) is 4.61. The Balaban J connectivity index is 1.57. The molecule has 0 unspecified atom stereocenters. The lowest BCUT2D eigenvalue weighted by Crippen LogP contribution is -2.26. The summed E-state index contributed by atoms with van der Waals surface area (Å²) in [4.78, 5) is 26.0. The molecule has 6 nitrogen and oxygen atoms in total. The average Bonchev–Trinajstić information content (AvgIpc) is 3.37. The zero-order valence-corrected chi connectivity index (χ0v) is 14.1. The van der Waals surface area contributed by atoms with E-state index in [1.165, 1.54) is 0 Å². The molecule has 1 amide bonds. The van der Waals surface area contributed by atoms with Gasteiger partial charge in [-0.05, 0) is 12.8 Å². The summed E-state index contributed by atoms with van der Waals surface area (Å²) in [7, 11) is 0. The van der Waals surface area contributed by atoms with Crippen molar-refractivity contribution in [3.63, 3.8) is 0 Å². The fourth-order valence-electron chi connectivity index (χ4n) is 3.37. The highest BCUT2D eigenvalue weighted by molar-refractivity contribution is 5.78. The number of aromatic amines is 1. The van der Waals surface area contributed by atoms with E-state index in [0.29, 0.717) is 6.42 Å². The third kappa shape index (κ3) is 3.20. The van der Waals surface area contributed by atoms with Crippen molar-refractivity contribution in [1.29, 1.82) is 0 Å². The predicted octanol–water partition coefficient (Wildman–Crippen LogP) is 2.95. The highest BCUT2D eigenvalue weighted by atomic mass is 16.2. The second-order valence-electron chi connectivity index (χ2n) is 6.28. The molecule has 1 aromatic carbocycles. The monoisotopic (exact) mass is 335 g/mol. The second kappa shape index (κ2) is 6.93. The van der Waals surface area contributed by atoms with Gasteiger partial charge in [0.05, 0.1) is 12.0 Å². The lowest BCUT2D eigenvalue weighted by molar-refractivity contribution is -0.127. The summed E-state index contributed by atoms with van der Waals surface area (Å²) in [5.74, 6) is 1.09. The molecule has 3 aromatic rings. The number of nitrogens with one attached hydrogen (secondary N) is 1. The van der Waals surface area contributed by atoms with Crippen LogP contribution in [-0.4, -0.2) is 43.4 Å². The molecule has 3 heterocycles. The minimum Gasteiger partial charge on any atom is -0.343 e. The molecule has 2 aromatic heterocycles. The minimum absolute atomic E-state index is 0.280. The van der Waals surface area contributed by atoms with E-state index in [2.05, 4.69) is 31.7 Å². The maximum atomic E-state index is 11.8. The van der Waals surface area contributed by atoms with Crippen molar-refractivity contribution in [2.75, 3.05) is 13.1 Å². The number of hydrogen-bond acceptors (Lipinski definition) is 3. The molecule has 0 atom stereocenters. The van der Waals surface area contributed by atoms with Crippen molar-refractivity contribution in [3.05, 3.63) is 49.1 Å². The SMILES string of the molecule is O=C1CCCN1CCCn1cnc(-c2ccccc2)c1-c1ncc[nH]1. The van der Waals surface area contributed by atoms with Gasteiger partial charge in [-0.15, -0.1) is 0 Å². The van der Waals surface area contributed by atoms with Gasteiger partial charge in [-0.3, -0.25) is 4.79 Å². The third-order valence-corrected chi connectivity index (χ3v) is 4.61. The Hall–Kier alpha value is -2.89. The lowest BCUT2D eigenvalue weighted by atomic mass is 10.1. The number of hydrogen-bond donors (Lipinski definition) is 1. The van der Waals surface area contributed by atoms with Crippen LogP contribution in [0.5, 0.6) is 0 Å². The number of aromatic nitrogens is 4. The summed E-state index contributed by atoms with van der Waals surface area (Å²) < 4.78 is 2.13. The van der Waals surface area contributed by atoms with Crippen LogP contribution < -0.4 is 0 Å². The number of imidazole rings is 2. The predicted molar refractivity (Wildman–Crippen MR) is 95.7 cm³/mol. The Morgan fingerprint density at radius 3 is 2.72 bits per heavy atom. The molecule has 1 N–H and O–H groups in total. The summed E-state index contributed by atoms with van der Waals surface area (Å²) in [6.45, 7) is 2.50. The number of nitrogens with zero attached hydrogens (tertiary/aromatic N) is 4. The van der Waals surface area contributed by atoms with Crippen molar-refractivity contribution < 1.29 is 4.79 Å². The zero-order valence-electron chi connectivity index (χ0n) is 14.1. The molecule has 1 aliphatic rings. The molecule has 4 rings (SSSR count). The molecule has 0 radical (unpaired) electrons. The van der Waals surface area contributed by atoms with Crippen LogP contribution in [0.4, 0.5) is 0 Å². The van der Waals surface area contributed by atoms with Gasteiger partial charge in [-0.2, -0.15) is 0 Å². The molecule has 6 heteroatoms. The number of benzene rings is 1. The standard InChI is InChI=1S/C19H21N5O/c25-16-8-4-11-23(16)12-5-13-24-14-22-17(15-6-2-1-3-7-15)18(24)19-20-9-10-21-19/h1-3,6-7,9-10,14H,4-5,8,11-13H2,(H,20,21). The molecule has 1 fully saturated rings. The Kier molecular flexibility index (Phi) is 4.33. The first kappa shape index (κ1) is 15.6. The second-order valence-corrected chi connectivity index (χ2v) is 6.28. The van der Waals surface area contributed by atoms with Gasteiger partial charge in [-0.1, -0.05) is 30.3 Å². The molecule has 0 aliphatic carbocycles. The molecule has 1 saturated heterocycles. The van der Waals surface area contributed by atoms with Crippen molar-refractivity contribution >= 4 is 5.91 Å². The fraction of sp³-hybridized carbons (Fsp3) is 0.316. The first-order valence-electron chi connectivity index (χ1n) is 8.71. The van der Waals surface area contributed by atoms with E-state index in [9.17, 15) is 4.79 Å². The number of rotatable bonds is 6. The van der Waals surface area contributed by atoms with Gasteiger partial charge < -0.3 is 14.5 Å². The number of aryl methyl sites for hydroxylation is 1. The molecule has 0 spiro atoms. The van der Waals surface area contributed by atoms with Gasteiger partial charge in [0.1, 0.15) is 5.69 Å². The fourth-order valence-corrected chi connectivity index (χ4v) is 3.37. The van der Waals surface area contributed by atoms with Gasteiger partial charge in [0.15, 0.2) is 5.82 Å². The van der Waals surface area contributed by atoms with Crippen molar-refractivity contribution in [1.82, 2.24) is 24.4 Å². The lowest BCUT2D eigenvalue weighted by Gasteiger charge is -2.16. The van der Waals surface area contributed by atoms with Gasteiger partial charge in [0.2, 0.25) is 5.91 Å². The zero-order chi connectivity index (χ0) is 17.1. The Labute approximate surface area is 146 Å². The van der Waals surface area contributed by atoms with Gasteiger partial charge in [-0.25, -0.2) is 9.97 Å². The van der Waals surface area contributed by atoms with E-state index in [-0.39, 0.29) is 5.91 Å². The van der Waals surface area contributed by atoms with E-state index in [0.717, 1.165) is 55.3 Å². The van der Waals surface area contributed by atoms with Crippen LogP contribution >= 0.6 is 0 Å². The highest BCUT2D eigenvalue weighted by Crippen LogP contribution is 2.29. The molecule has 1 aliphatic heterocycles. The molecular formula is C19H21N5O. The number of carbonyl (C=O) groups excluding carboxylic acids is 1. The van der Waals surface area contributed by atoms with E-state index in [4.69, 9.17) is 0 Å². The van der Waals surface area contributed by atoms with E-state index >= 15 is 0 Å². The highest BCUT2D eigenvalue weighted by Gasteiger charge is 2.20. The maximum Gasteiger partial charge on any atom is 0.222 e. The maximum absolute atomic E-state index is 11.8. The summed E-state index contributed by atoms with van der Waals surface area (Å²) in [5.41, 5.74) is 2.99. The van der Waals surface area contributed by atoms with Crippen LogP contribution in [0.1, 0.15) is 19.3 Å². The van der Waals surface area contributed by atoms with Crippen LogP contribution in [-0.2, 0) is 11.3 Å². The Morgan fingerprint density at radius 2 is 2.00 bits per heavy atom. The molecule has 128 valence electrons. The van der Waals surface area contributed by atoms with Crippen LogP contribution in [0, 0.1) is 0 Å². The first-order chi connectivity index (χ1) is 12.3. The van der Waals surface area contributed by atoms with Crippen molar-refractivity contribution in [2.24, 2.45) is 0 Å². The smallest absolute Gasteiger partial charge is 0.222 e. The molecular weight excluding hydrogens is 314 g/mol. The minimum atomic E-state index is 0.280. The average molecular weight is 335 g/mol. The van der Waals surface area contributed by atoms with Crippen molar-refractivity contribution in [2.45, 2.75) is 25.8 Å². The van der Waals surface area contributed by atoms with Crippen LogP contribution in [0.2, 0.25) is 0 Å². The Morgan fingerprint density at radius 1 is 1.12 bits per heavy atom. The molecule has 0 saturated carbocycles. The van der Waals surface area contributed by atoms with Gasteiger partial charge in [0.25, 0.3) is 0 Å². The van der Waals surface area contributed by atoms with Crippen LogP contribution in [0.3, 0.4) is 0 Å². The van der Waals surface area contributed by atoms with E-state index < -0.39 is 0 Å². The largest absolute Gasteiger partial charge is 0.343 e. The van der Waals surface area contributed by atoms with E-state index in [1.807, 2.05) is 35.6 Å². The summed E-state index contributed by atoms with van der Waals surface area (Å²) in [6.07, 6.45) is 8.03. The molecule has 0 bridgehead atoms. The first-order valence-corrected chi connectivity index (χ1v) is 8.71. The van der Waals surface area contributed by atoms with Crippen LogP contribution in [0.25, 0.3) is 22.8 Å². The van der Waals surface area contributed by atoms with Gasteiger partial charge >= 0.3 is 0 Å². The summed E-state index contributed by atoms with van der Waals surface area (Å²) in [5, 5.41) is 0. The Bertz CT molecular complexity index is 838. The van der Waals surface area contributed by atoms with Gasteiger partial charge in [0, 0.05) is 44.0 Å². The summed E-state index contributed by atoms with van der Waals surface area (Å²) in [6, 6.07) is 10.1. The quantitative estimate of drug-likeness (QED) is 0.753. The number of amides is 1. The number of carbonyl (C=O) groups is 1.